The van der Waals surface area contributed by atoms with Crippen LogP contribution in [-0.2, 0) is 114 Å². The molecule has 0 spiro atoms. The smallest absolute Gasteiger partial charge is 0.335 e. The summed E-state index contributed by atoms with van der Waals surface area (Å²) in [5.41, 5.74) is 11.3. The summed E-state index contributed by atoms with van der Waals surface area (Å²) < 4.78 is 77.2. The number of hydrogen-bond acceptors (Lipinski definition) is 31. The third-order valence-electron chi connectivity index (χ3n) is 14.0. The van der Waals surface area contributed by atoms with Crippen LogP contribution in [0.4, 0.5) is 0 Å². The first-order valence-corrected chi connectivity index (χ1v) is 32.8. The number of methoxy groups -OCH3 is 6. The summed E-state index contributed by atoms with van der Waals surface area (Å²) in [6.07, 6.45) is -0.133. The van der Waals surface area contributed by atoms with Crippen molar-refractivity contribution in [3.8, 4) is 0 Å². The zero-order valence-electron chi connectivity index (χ0n) is 61.4. The van der Waals surface area contributed by atoms with E-state index >= 15 is 0 Å². The SMILES string of the molecule is COC(=O)CCOCC(COCCC(=O)OC)(COCCC(=O)OC)NC(=O)c1ccc(C)cc1.COC(=O)CCOCC(N)(COCCC(=O)OC)COCCC(=O)OC.Cc1ccc(C(=O)NC(COCCC(=O)NO)(COCCC(=O)NO)COCCC(=O)NO)cc1.Cc1ccc(C(=O)O)cc1. The van der Waals surface area contributed by atoms with Crippen LogP contribution < -0.4 is 32.8 Å². The number of carbonyl (C=O) groups is 12. The third-order valence-corrected chi connectivity index (χ3v) is 14.0. The van der Waals surface area contributed by atoms with Crippen molar-refractivity contribution in [3.63, 3.8) is 0 Å². The van der Waals surface area contributed by atoms with Gasteiger partial charge < -0.3 is 92.5 Å². The van der Waals surface area contributed by atoms with Crippen molar-refractivity contribution in [1.82, 2.24) is 27.1 Å². The van der Waals surface area contributed by atoms with E-state index in [-0.39, 0.29) is 177 Å². The van der Waals surface area contributed by atoms with Gasteiger partial charge >= 0.3 is 41.8 Å². The highest BCUT2D eigenvalue weighted by molar-refractivity contribution is 5.95. The Labute approximate surface area is 614 Å². The zero-order chi connectivity index (χ0) is 79.6. The number of benzene rings is 3. The molecule has 0 aliphatic rings. The van der Waals surface area contributed by atoms with E-state index in [2.05, 4.69) is 39.1 Å². The molecule has 0 radical (unpaired) electrons. The van der Waals surface area contributed by atoms with Crippen LogP contribution in [-0.4, -0.2) is 270 Å². The highest BCUT2D eigenvalue weighted by atomic mass is 16.6. The van der Waals surface area contributed by atoms with Gasteiger partial charge in [-0.05, 0) is 57.2 Å². The fourth-order valence-electron chi connectivity index (χ4n) is 7.96. The molecule has 0 atom stereocenters. The normalized spacial score (nSPS) is 10.8. The molecule has 596 valence electrons. The van der Waals surface area contributed by atoms with Crippen LogP contribution in [0.2, 0.25) is 0 Å². The van der Waals surface area contributed by atoms with Gasteiger partial charge in [0.25, 0.3) is 11.8 Å². The number of nitrogens with one attached hydrogen (secondary N) is 5. The maximum Gasteiger partial charge on any atom is 0.335 e. The zero-order valence-corrected chi connectivity index (χ0v) is 61.4. The summed E-state index contributed by atoms with van der Waals surface area (Å²) in [5, 5.41) is 40.1. The number of aromatic carboxylic acids is 1. The average Bonchev–Trinajstić information content (AvgIpc) is 0.854. The number of nitrogens with two attached hydrogens (primary N) is 1. The molecule has 5 amide bonds. The Bertz CT molecular complexity index is 2750. The number of carboxylic acid groups (broad SMARTS) is 1. The summed E-state index contributed by atoms with van der Waals surface area (Å²) in [6, 6.07) is 20.5. The second-order valence-corrected chi connectivity index (χ2v) is 23.0. The minimum atomic E-state index is -1.32. The lowest BCUT2D eigenvalue weighted by Gasteiger charge is -2.34. The molecule has 37 heteroatoms. The molecule has 106 heavy (non-hydrogen) atoms. The van der Waals surface area contributed by atoms with E-state index in [9.17, 15) is 57.5 Å². The summed E-state index contributed by atoms with van der Waals surface area (Å²) in [7, 11) is 7.70. The quantitative estimate of drug-likeness (QED) is 0.0126. The first kappa shape index (κ1) is 96.8. The van der Waals surface area contributed by atoms with E-state index in [0.29, 0.717) is 16.7 Å². The molecular formula is C69H104N6O31. The van der Waals surface area contributed by atoms with Crippen molar-refractivity contribution >= 4 is 71.3 Å². The number of carboxylic acids is 1. The molecule has 3 aromatic rings. The molecule has 3 rings (SSSR count). The standard InChI is InChI=1S/C24H35NO10.C21H32N4O10.C16H29NO9.C8H8O2/c1-18-5-7-19(8-6-18)23(29)25-24(15-33-12-9-20(26)30-2,16-34-13-10-21(27)31-3)17-35-14-11-22(28)32-4;1-15-2-4-16(5-3-15)20(29)22-21(12-33-9-6-17(26)23-30,13-34-10-7-18(27)24-31)14-35-11-8-19(28)25-32;1-21-13(18)4-7-24-10-16(17,11-25-8-5-14(19)22-2)12-26-9-6-15(20)23-3;1-6-2-4-7(5-3-6)8(9)10/h5-8H,9-17H2,1-4H3,(H,25,29);2-5,30-32H,6-14H2,1H3,(H,22,29)(H,23,26)(H,24,27)(H,25,28);4-12,17H2,1-3H3;2-5H,1H3,(H,9,10). The number of hydrogen-bond donors (Lipinski definition) is 10. The van der Waals surface area contributed by atoms with E-state index < -0.39 is 87.9 Å². The van der Waals surface area contributed by atoms with Gasteiger partial charge in [0.2, 0.25) is 17.7 Å². The Hall–Kier alpha value is -9.22. The first-order chi connectivity index (χ1) is 50.6. The first-order valence-electron chi connectivity index (χ1n) is 32.8. The number of aryl methyl sites for hydroxylation is 3. The summed E-state index contributed by atoms with van der Waals surface area (Å²) in [6.45, 7) is 5.29. The molecule has 0 aliphatic heterocycles. The van der Waals surface area contributed by atoms with E-state index in [0.717, 1.165) is 16.7 Å². The fourth-order valence-corrected chi connectivity index (χ4v) is 7.96. The Balaban J connectivity index is 0.00000147. The molecule has 0 unspecified atom stereocenters. The summed E-state index contributed by atoms with van der Waals surface area (Å²) in [4.78, 5) is 138. The molecule has 3 aromatic carbocycles. The lowest BCUT2D eigenvalue weighted by Crippen LogP contribution is -2.58. The fraction of sp³-hybridized carbons (Fsp3) is 0.565. The molecule has 37 nitrogen and oxygen atoms in total. The van der Waals surface area contributed by atoms with Gasteiger partial charge in [-0.3, -0.25) is 68.4 Å². The van der Waals surface area contributed by atoms with E-state index in [1.54, 1.807) is 60.7 Å². The van der Waals surface area contributed by atoms with Crippen LogP contribution in [0.1, 0.15) is 106 Å². The minimum Gasteiger partial charge on any atom is -0.478 e. The van der Waals surface area contributed by atoms with Gasteiger partial charge in [0.1, 0.15) is 11.1 Å². The monoisotopic (exact) mass is 1510 g/mol. The lowest BCUT2D eigenvalue weighted by atomic mass is 10.0. The molecular weight excluding hydrogens is 1410 g/mol. The summed E-state index contributed by atoms with van der Waals surface area (Å²) >= 11 is 0. The van der Waals surface area contributed by atoms with Gasteiger partial charge in [0.15, 0.2) is 0 Å². The minimum absolute atomic E-state index is 0.0187. The van der Waals surface area contributed by atoms with Gasteiger partial charge in [-0.25, -0.2) is 21.2 Å². The van der Waals surface area contributed by atoms with Crippen molar-refractivity contribution in [2.45, 2.75) is 95.2 Å². The third kappa shape index (κ3) is 47.3. The van der Waals surface area contributed by atoms with Gasteiger partial charge in [-0.1, -0.05) is 53.1 Å². The second kappa shape index (κ2) is 58.0. The topological polar surface area (TPSA) is 510 Å². The largest absolute Gasteiger partial charge is 0.478 e. The van der Waals surface area contributed by atoms with Crippen LogP contribution >= 0.6 is 0 Å². The van der Waals surface area contributed by atoms with Crippen molar-refractivity contribution in [2.24, 2.45) is 5.73 Å². The van der Waals surface area contributed by atoms with Crippen molar-refractivity contribution in [1.29, 1.82) is 0 Å². The van der Waals surface area contributed by atoms with Crippen LogP contribution in [0.3, 0.4) is 0 Å². The molecule has 0 saturated carbocycles. The molecule has 0 fully saturated rings. The van der Waals surface area contributed by atoms with Crippen LogP contribution in [0.5, 0.6) is 0 Å². The molecule has 0 bridgehead atoms. The highest BCUT2D eigenvalue weighted by Crippen LogP contribution is 2.16. The van der Waals surface area contributed by atoms with Crippen LogP contribution in [0.15, 0.2) is 72.8 Å². The van der Waals surface area contributed by atoms with Crippen molar-refractivity contribution < 1.29 is 149 Å². The number of hydroxylamine groups is 3. The van der Waals surface area contributed by atoms with E-state index in [1.165, 1.54) is 59.1 Å². The second-order valence-electron chi connectivity index (χ2n) is 23.0. The van der Waals surface area contributed by atoms with Crippen LogP contribution in [0, 0.1) is 20.8 Å². The molecule has 0 aromatic heterocycles. The van der Waals surface area contributed by atoms with Gasteiger partial charge in [0, 0.05) is 11.1 Å². The Kier molecular flexibility index (Phi) is 53.0. The number of ether oxygens (including phenoxy) is 15. The lowest BCUT2D eigenvalue weighted by molar-refractivity contribution is -0.144. The molecule has 0 saturated heterocycles. The number of carbonyl (C=O) groups excluding carboxylic acids is 11. The van der Waals surface area contributed by atoms with Crippen molar-refractivity contribution in [2.75, 3.05) is 162 Å². The number of rotatable bonds is 50. The van der Waals surface area contributed by atoms with E-state index in [4.69, 9.17) is 69.1 Å². The Morgan fingerprint density at radius 1 is 0.311 bits per heavy atom. The maximum atomic E-state index is 13.0. The predicted octanol–water partition coefficient (Wildman–Crippen LogP) is 1.52. The van der Waals surface area contributed by atoms with Crippen LogP contribution in [0.25, 0.3) is 0 Å². The number of amides is 5. The highest BCUT2D eigenvalue weighted by Gasteiger charge is 2.36. The average molecular weight is 1510 g/mol. The predicted molar refractivity (Wildman–Crippen MR) is 369 cm³/mol. The van der Waals surface area contributed by atoms with Gasteiger partial charge in [-0.2, -0.15) is 0 Å². The molecule has 11 N–H and O–H groups in total. The van der Waals surface area contributed by atoms with Gasteiger partial charge in [-0.15, -0.1) is 0 Å². The Morgan fingerprint density at radius 2 is 0.500 bits per heavy atom. The van der Waals surface area contributed by atoms with Crippen molar-refractivity contribution in [3.05, 3.63) is 106 Å². The molecule has 0 aliphatic carbocycles. The Morgan fingerprint density at radius 3 is 0.689 bits per heavy atom. The maximum absolute atomic E-state index is 13.0. The summed E-state index contributed by atoms with van der Waals surface area (Å²) in [5.74, 6) is -6.26. The van der Waals surface area contributed by atoms with E-state index in [1.807, 2.05) is 32.9 Å². The molecule has 0 heterocycles. The van der Waals surface area contributed by atoms with Gasteiger partial charge in [0.05, 0.1) is 230 Å². The number of esters is 6.